The first-order chi connectivity index (χ1) is 8.67. The zero-order chi connectivity index (χ0) is 13.0. The fraction of sp³-hybridized carbons (Fsp3) is 0.0909. The van der Waals surface area contributed by atoms with Gasteiger partial charge in [-0.3, -0.25) is 5.43 Å². The topological polar surface area (TPSA) is 61.9 Å². The predicted molar refractivity (Wildman–Crippen MR) is 69.4 cm³/mol. The van der Waals surface area contributed by atoms with E-state index in [0.717, 1.165) is 0 Å². The van der Waals surface area contributed by atoms with Crippen LogP contribution in [0.5, 0.6) is 0 Å². The lowest BCUT2D eigenvalue weighted by molar-refractivity contribution is 0.628. The smallest absolute Gasteiger partial charge is 0.240 e. The molecule has 0 atom stereocenters. The molecule has 18 heavy (non-hydrogen) atoms. The number of hydrogen-bond acceptors (Lipinski definition) is 5. The molecule has 1 aromatic heterocycles. The zero-order valence-corrected chi connectivity index (χ0v) is 10.3. The maximum absolute atomic E-state index is 12.8. The Morgan fingerprint density at radius 3 is 2.56 bits per heavy atom. The molecule has 0 fully saturated rings. The van der Waals surface area contributed by atoms with E-state index >= 15 is 0 Å². The second-order valence-corrected chi connectivity index (χ2v) is 3.79. The standard InChI is InChI=1S/C11H11ClFN5/c1-14-18-11-16-9(12)6-10(17-11)15-8-4-2-7(13)3-5-8/h2-6,14H,1H3,(H2,15,16,17,18). The number of nitrogens with zero attached hydrogens (tertiary/aromatic N) is 2. The number of benzene rings is 1. The van der Waals surface area contributed by atoms with Gasteiger partial charge in [0.1, 0.15) is 16.8 Å². The van der Waals surface area contributed by atoms with Crippen LogP contribution in [0.2, 0.25) is 5.15 Å². The summed E-state index contributed by atoms with van der Waals surface area (Å²) in [5, 5.41) is 3.30. The summed E-state index contributed by atoms with van der Waals surface area (Å²) in [5.41, 5.74) is 6.14. The second kappa shape index (κ2) is 5.61. The molecule has 2 rings (SSSR count). The summed E-state index contributed by atoms with van der Waals surface area (Å²) in [4.78, 5) is 8.13. The van der Waals surface area contributed by atoms with Crippen LogP contribution in [-0.4, -0.2) is 17.0 Å². The molecule has 3 N–H and O–H groups in total. The van der Waals surface area contributed by atoms with Crippen molar-refractivity contribution in [1.82, 2.24) is 15.4 Å². The summed E-state index contributed by atoms with van der Waals surface area (Å²) < 4.78 is 12.8. The van der Waals surface area contributed by atoms with Crippen LogP contribution in [0.3, 0.4) is 0 Å². The lowest BCUT2D eigenvalue weighted by Gasteiger charge is -2.08. The molecule has 5 nitrogen and oxygen atoms in total. The molecule has 1 heterocycles. The minimum absolute atomic E-state index is 0.293. The third kappa shape index (κ3) is 3.28. The predicted octanol–water partition coefficient (Wildman–Crippen LogP) is 2.56. The van der Waals surface area contributed by atoms with Gasteiger partial charge in [0, 0.05) is 18.8 Å². The van der Waals surface area contributed by atoms with E-state index in [1.165, 1.54) is 12.1 Å². The van der Waals surface area contributed by atoms with Crippen LogP contribution in [0, 0.1) is 5.82 Å². The number of rotatable bonds is 4. The molecule has 94 valence electrons. The maximum Gasteiger partial charge on any atom is 0.240 e. The van der Waals surface area contributed by atoms with E-state index < -0.39 is 0 Å². The van der Waals surface area contributed by atoms with Gasteiger partial charge in [-0.1, -0.05) is 11.6 Å². The number of nitrogens with one attached hydrogen (secondary N) is 3. The van der Waals surface area contributed by atoms with Crippen molar-refractivity contribution in [2.45, 2.75) is 0 Å². The van der Waals surface area contributed by atoms with Gasteiger partial charge in [-0.2, -0.15) is 9.97 Å². The highest BCUT2D eigenvalue weighted by atomic mass is 35.5. The molecule has 0 bridgehead atoms. The molecule has 7 heteroatoms. The van der Waals surface area contributed by atoms with Crippen molar-refractivity contribution in [1.29, 1.82) is 0 Å². The Labute approximate surface area is 108 Å². The molecule has 0 unspecified atom stereocenters. The van der Waals surface area contributed by atoms with Crippen LogP contribution in [0.25, 0.3) is 0 Å². The summed E-state index contributed by atoms with van der Waals surface area (Å²) in [7, 11) is 1.69. The number of aromatic nitrogens is 2. The summed E-state index contributed by atoms with van der Waals surface area (Å²) in [6, 6.07) is 7.51. The molecule has 0 spiro atoms. The average molecular weight is 268 g/mol. The average Bonchev–Trinajstić information content (AvgIpc) is 2.32. The van der Waals surface area contributed by atoms with Crippen molar-refractivity contribution in [2.24, 2.45) is 0 Å². The van der Waals surface area contributed by atoms with Gasteiger partial charge in [0.15, 0.2) is 0 Å². The fourth-order valence-corrected chi connectivity index (χ4v) is 1.51. The number of hydrazine groups is 1. The van der Waals surface area contributed by atoms with Crippen LogP contribution < -0.4 is 16.2 Å². The third-order valence-electron chi connectivity index (χ3n) is 2.05. The molecule has 2 aromatic rings. The van der Waals surface area contributed by atoms with Gasteiger partial charge >= 0.3 is 0 Å². The molecule has 0 saturated heterocycles. The van der Waals surface area contributed by atoms with E-state index in [0.29, 0.717) is 22.6 Å². The van der Waals surface area contributed by atoms with Crippen molar-refractivity contribution >= 4 is 29.1 Å². The first-order valence-electron chi connectivity index (χ1n) is 5.17. The first kappa shape index (κ1) is 12.5. The van der Waals surface area contributed by atoms with E-state index in [4.69, 9.17) is 11.6 Å². The van der Waals surface area contributed by atoms with E-state index in [9.17, 15) is 4.39 Å². The minimum Gasteiger partial charge on any atom is -0.340 e. The van der Waals surface area contributed by atoms with Crippen LogP contribution in [0.1, 0.15) is 0 Å². The fourth-order valence-electron chi connectivity index (χ4n) is 1.33. The molecule has 0 radical (unpaired) electrons. The molecule has 0 saturated carbocycles. The number of hydrogen-bond donors (Lipinski definition) is 3. The van der Waals surface area contributed by atoms with E-state index in [1.54, 1.807) is 25.2 Å². The first-order valence-corrected chi connectivity index (χ1v) is 5.55. The Balaban J connectivity index is 2.20. The molecular weight excluding hydrogens is 257 g/mol. The molecule has 1 aromatic carbocycles. The van der Waals surface area contributed by atoms with Crippen molar-refractivity contribution in [3.8, 4) is 0 Å². The molecule has 0 amide bonds. The quantitative estimate of drug-likeness (QED) is 0.587. The van der Waals surface area contributed by atoms with E-state index in [-0.39, 0.29) is 5.82 Å². The van der Waals surface area contributed by atoms with Crippen LogP contribution >= 0.6 is 11.6 Å². The summed E-state index contributed by atoms with van der Waals surface area (Å²) in [6.45, 7) is 0. The Bertz CT molecular complexity index is 531. The van der Waals surface area contributed by atoms with Gasteiger partial charge in [-0.15, -0.1) is 0 Å². The lowest BCUT2D eigenvalue weighted by Crippen LogP contribution is -2.17. The molecule has 0 aliphatic carbocycles. The third-order valence-corrected chi connectivity index (χ3v) is 2.24. The van der Waals surface area contributed by atoms with E-state index in [2.05, 4.69) is 26.1 Å². The number of halogens is 2. The Kier molecular flexibility index (Phi) is 3.91. The summed E-state index contributed by atoms with van der Waals surface area (Å²) in [5.74, 6) is 0.563. The van der Waals surface area contributed by atoms with Gasteiger partial charge in [0.25, 0.3) is 0 Å². The van der Waals surface area contributed by atoms with Crippen LogP contribution in [0.15, 0.2) is 30.3 Å². The molecule has 0 aliphatic rings. The Morgan fingerprint density at radius 2 is 1.89 bits per heavy atom. The monoisotopic (exact) mass is 267 g/mol. The maximum atomic E-state index is 12.8. The van der Waals surface area contributed by atoms with Gasteiger partial charge in [0.05, 0.1) is 0 Å². The lowest BCUT2D eigenvalue weighted by atomic mass is 10.3. The summed E-state index contributed by atoms with van der Waals surface area (Å²) in [6.07, 6.45) is 0. The highest BCUT2D eigenvalue weighted by molar-refractivity contribution is 6.29. The van der Waals surface area contributed by atoms with Crippen molar-refractivity contribution < 1.29 is 4.39 Å². The van der Waals surface area contributed by atoms with Gasteiger partial charge < -0.3 is 5.32 Å². The minimum atomic E-state index is -0.293. The summed E-state index contributed by atoms with van der Waals surface area (Å²) >= 11 is 5.86. The number of anilines is 3. The Hall–Kier alpha value is -1.92. The zero-order valence-electron chi connectivity index (χ0n) is 9.54. The van der Waals surface area contributed by atoms with Crippen molar-refractivity contribution in [3.05, 3.63) is 41.3 Å². The SMILES string of the molecule is CNNc1nc(Cl)cc(Nc2ccc(F)cc2)n1. The van der Waals surface area contributed by atoms with Crippen LogP contribution in [-0.2, 0) is 0 Å². The van der Waals surface area contributed by atoms with Gasteiger partial charge in [-0.05, 0) is 24.3 Å². The normalized spacial score (nSPS) is 10.2. The van der Waals surface area contributed by atoms with Crippen molar-refractivity contribution in [2.75, 3.05) is 17.8 Å². The van der Waals surface area contributed by atoms with Crippen molar-refractivity contribution in [3.63, 3.8) is 0 Å². The highest BCUT2D eigenvalue weighted by Gasteiger charge is 2.03. The highest BCUT2D eigenvalue weighted by Crippen LogP contribution is 2.19. The van der Waals surface area contributed by atoms with E-state index in [1.807, 2.05) is 0 Å². The van der Waals surface area contributed by atoms with Gasteiger partial charge in [0.2, 0.25) is 5.95 Å². The second-order valence-electron chi connectivity index (χ2n) is 3.41. The molecular formula is C11H11ClFN5. The Morgan fingerprint density at radius 1 is 1.17 bits per heavy atom. The molecule has 0 aliphatic heterocycles. The largest absolute Gasteiger partial charge is 0.340 e. The van der Waals surface area contributed by atoms with Gasteiger partial charge in [-0.25, -0.2) is 9.82 Å². The van der Waals surface area contributed by atoms with Crippen LogP contribution in [0.4, 0.5) is 21.8 Å².